The van der Waals surface area contributed by atoms with Crippen LogP contribution in [-0.4, -0.2) is 48.8 Å². The Balaban J connectivity index is 0. The van der Waals surface area contributed by atoms with Gasteiger partial charge in [0.05, 0.1) is 0 Å². The molecule has 8 heteroatoms. The van der Waals surface area contributed by atoms with Gasteiger partial charge in [-0.3, -0.25) is 0 Å². The van der Waals surface area contributed by atoms with Gasteiger partial charge in [-0.2, -0.15) is 0 Å². The summed E-state index contributed by atoms with van der Waals surface area (Å²) < 4.78 is 9.40. The molecule has 0 saturated carbocycles. The third-order valence-electron chi connectivity index (χ3n) is 2.30. The van der Waals surface area contributed by atoms with Crippen LogP contribution in [0.5, 0.6) is 0 Å². The van der Waals surface area contributed by atoms with Crippen molar-refractivity contribution in [2.24, 2.45) is 16.9 Å². The van der Waals surface area contributed by atoms with E-state index in [1.807, 2.05) is 13.8 Å². The molecule has 0 aromatic rings. The summed E-state index contributed by atoms with van der Waals surface area (Å²) in [4.78, 5) is 20.9. The number of carbonyl (C=O) groups is 2. The van der Waals surface area contributed by atoms with Crippen molar-refractivity contribution < 1.29 is 29.3 Å². The number of ether oxygens (including phenoxy) is 2. The van der Waals surface area contributed by atoms with Crippen molar-refractivity contribution in [3.8, 4) is 0 Å². The Morgan fingerprint density at radius 2 is 1.45 bits per heavy atom. The van der Waals surface area contributed by atoms with Crippen molar-refractivity contribution in [2.75, 3.05) is 26.4 Å². The van der Waals surface area contributed by atoms with Gasteiger partial charge in [0.1, 0.15) is 13.2 Å². The van der Waals surface area contributed by atoms with Crippen LogP contribution in [0.1, 0.15) is 33.1 Å². The Kier molecular flexibility index (Phi) is 13.0. The average molecular weight is 294 g/mol. The summed E-state index contributed by atoms with van der Waals surface area (Å²) in [7, 11) is 0. The number of hydrogen-bond acceptors (Lipinski definition) is 6. The Hall–Kier alpha value is -1.54. The highest BCUT2D eigenvalue weighted by molar-refractivity contribution is 5.65. The van der Waals surface area contributed by atoms with Gasteiger partial charge in [0, 0.05) is 18.6 Å². The number of aliphatic hydroxyl groups is 2. The van der Waals surface area contributed by atoms with Crippen LogP contribution in [0.25, 0.3) is 0 Å². The molecule has 0 bridgehead atoms. The number of nitrogens with two attached hydrogens (primary N) is 2. The van der Waals surface area contributed by atoms with E-state index in [2.05, 4.69) is 0 Å². The molecule has 0 fully saturated rings. The van der Waals surface area contributed by atoms with Crippen molar-refractivity contribution in [3.05, 3.63) is 0 Å². The molecule has 2 amide bonds. The second-order valence-electron chi connectivity index (χ2n) is 4.58. The van der Waals surface area contributed by atoms with E-state index in [9.17, 15) is 9.59 Å². The first-order valence-corrected chi connectivity index (χ1v) is 6.37. The molecular formula is C12H26N2O6. The lowest BCUT2D eigenvalue weighted by atomic mass is 9.87. The van der Waals surface area contributed by atoms with E-state index < -0.39 is 17.6 Å². The topological polar surface area (TPSA) is 145 Å². The van der Waals surface area contributed by atoms with Crippen LogP contribution in [0.2, 0.25) is 0 Å². The summed E-state index contributed by atoms with van der Waals surface area (Å²) >= 11 is 0. The number of primary amides is 2. The molecule has 20 heavy (non-hydrogen) atoms. The lowest BCUT2D eigenvalue weighted by Gasteiger charge is -2.27. The van der Waals surface area contributed by atoms with Gasteiger partial charge in [-0.1, -0.05) is 20.3 Å². The van der Waals surface area contributed by atoms with Crippen LogP contribution in [0.4, 0.5) is 9.59 Å². The maximum Gasteiger partial charge on any atom is 0.404 e. The summed E-state index contributed by atoms with van der Waals surface area (Å²) in [6.07, 6.45) is 0.446. The summed E-state index contributed by atoms with van der Waals surface area (Å²) in [6, 6.07) is 0. The van der Waals surface area contributed by atoms with Crippen LogP contribution >= 0.6 is 0 Å². The van der Waals surface area contributed by atoms with Crippen molar-refractivity contribution >= 4 is 12.2 Å². The molecule has 0 saturated heterocycles. The fourth-order valence-electron chi connectivity index (χ4n) is 1.35. The SMILES string of the molecule is CCCC(C)(COC(N)=O)COC(N)=O.OCCCO. The van der Waals surface area contributed by atoms with E-state index in [0.29, 0.717) is 6.42 Å². The number of rotatable bonds is 8. The van der Waals surface area contributed by atoms with E-state index in [4.69, 9.17) is 31.2 Å². The minimum atomic E-state index is -0.837. The van der Waals surface area contributed by atoms with Crippen LogP contribution in [-0.2, 0) is 9.47 Å². The minimum absolute atomic E-state index is 0.0938. The lowest BCUT2D eigenvalue weighted by molar-refractivity contribution is 0.0367. The fourth-order valence-corrected chi connectivity index (χ4v) is 1.35. The van der Waals surface area contributed by atoms with Gasteiger partial charge in [0.2, 0.25) is 0 Å². The second kappa shape index (κ2) is 12.5. The number of hydrogen-bond donors (Lipinski definition) is 4. The summed E-state index contributed by atoms with van der Waals surface area (Å²) in [6.45, 7) is 4.23. The number of carbonyl (C=O) groups excluding carboxylic acids is 2. The van der Waals surface area contributed by atoms with Crippen molar-refractivity contribution in [1.82, 2.24) is 0 Å². The highest BCUT2D eigenvalue weighted by atomic mass is 16.6. The van der Waals surface area contributed by atoms with Crippen molar-refractivity contribution in [3.63, 3.8) is 0 Å². The molecule has 8 nitrogen and oxygen atoms in total. The molecule has 0 aromatic carbocycles. The van der Waals surface area contributed by atoms with Gasteiger partial charge in [-0.05, 0) is 12.8 Å². The normalized spacial score (nSPS) is 10.2. The third kappa shape index (κ3) is 14.5. The Morgan fingerprint density at radius 3 is 1.65 bits per heavy atom. The van der Waals surface area contributed by atoms with Crippen LogP contribution < -0.4 is 11.5 Å². The molecule has 0 aromatic heterocycles. The van der Waals surface area contributed by atoms with Crippen molar-refractivity contribution in [1.29, 1.82) is 0 Å². The molecule has 0 spiro atoms. The smallest absolute Gasteiger partial charge is 0.404 e. The Labute approximate surface area is 119 Å². The van der Waals surface area contributed by atoms with E-state index in [-0.39, 0.29) is 26.4 Å². The molecule has 6 N–H and O–H groups in total. The summed E-state index contributed by atoms with van der Waals surface area (Å²) in [5.74, 6) is 0. The largest absolute Gasteiger partial charge is 0.449 e. The van der Waals surface area contributed by atoms with Crippen LogP contribution in [0, 0.1) is 5.41 Å². The fraction of sp³-hybridized carbons (Fsp3) is 0.833. The molecule has 0 radical (unpaired) electrons. The molecule has 120 valence electrons. The number of amides is 2. The van der Waals surface area contributed by atoms with E-state index >= 15 is 0 Å². The Bertz CT molecular complexity index is 253. The van der Waals surface area contributed by atoms with Gasteiger partial charge in [-0.15, -0.1) is 0 Å². The second-order valence-corrected chi connectivity index (χ2v) is 4.58. The zero-order valence-electron chi connectivity index (χ0n) is 12.1. The minimum Gasteiger partial charge on any atom is -0.449 e. The molecular weight excluding hydrogens is 268 g/mol. The summed E-state index contributed by atoms with van der Waals surface area (Å²) in [5.41, 5.74) is 9.28. The van der Waals surface area contributed by atoms with E-state index in [1.54, 1.807) is 0 Å². The van der Waals surface area contributed by atoms with E-state index in [1.165, 1.54) is 0 Å². The monoisotopic (exact) mass is 294 g/mol. The van der Waals surface area contributed by atoms with Crippen molar-refractivity contribution in [2.45, 2.75) is 33.1 Å². The number of aliphatic hydroxyl groups excluding tert-OH is 2. The Morgan fingerprint density at radius 1 is 1.05 bits per heavy atom. The highest BCUT2D eigenvalue weighted by Gasteiger charge is 2.26. The first-order chi connectivity index (χ1) is 9.31. The van der Waals surface area contributed by atoms with Gasteiger partial charge in [-0.25, -0.2) is 9.59 Å². The molecule has 0 rings (SSSR count). The molecule has 0 aliphatic heterocycles. The quantitative estimate of drug-likeness (QED) is 0.508. The standard InChI is InChI=1S/C9H18N2O4.C3H8O2/c1-3-4-9(2,5-14-7(10)12)6-15-8(11)13;4-2-1-3-5/h3-6H2,1-2H3,(H2,10,12)(H2,11,13);4-5H,1-3H2. The third-order valence-corrected chi connectivity index (χ3v) is 2.30. The highest BCUT2D eigenvalue weighted by Crippen LogP contribution is 2.24. The average Bonchev–Trinajstić information content (AvgIpc) is 2.36. The van der Waals surface area contributed by atoms with Gasteiger partial charge in [0.15, 0.2) is 0 Å². The molecule has 0 heterocycles. The zero-order valence-corrected chi connectivity index (χ0v) is 12.1. The van der Waals surface area contributed by atoms with Crippen LogP contribution in [0.15, 0.2) is 0 Å². The van der Waals surface area contributed by atoms with Gasteiger partial charge >= 0.3 is 12.2 Å². The maximum atomic E-state index is 10.5. The maximum absolute atomic E-state index is 10.5. The predicted octanol–water partition coefficient (Wildman–Crippen LogP) is 0.345. The molecule has 0 aliphatic carbocycles. The first-order valence-electron chi connectivity index (χ1n) is 6.37. The molecule has 0 aliphatic rings. The van der Waals surface area contributed by atoms with Gasteiger partial charge in [0.25, 0.3) is 0 Å². The predicted molar refractivity (Wildman–Crippen MR) is 72.9 cm³/mol. The molecule has 0 unspecified atom stereocenters. The molecule has 0 atom stereocenters. The summed E-state index contributed by atoms with van der Waals surface area (Å²) in [5, 5.41) is 15.8. The lowest BCUT2D eigenvalue weighted by Crippen LogP contribution is -2.33. The van der Waals surface area contributed by atoms with E-state index in [0.717, 1.165) is 12.8 Å². The first kappa shape index (κ1) is 20.8. The van der Waals surface area contributed by atoms with Crippen LogP contribution in [0.3, 0.4) is 0 Å². The zero-order chi connectivity index (χ0) is 16.0. The van der Waals surface area contributed by atoms with Gasteiger partial charge < -0.3 is 31.2 Å².